The van der Waals surface area contributed by atoms with E-state index in [9.17, 15) is 10.5 Å². The molecule has 0 fully saturated rings. The Kier molecular flexibility index (Phi) is 6.89. The standard InChI is InChI=1S/C36H25N5OS2/c1-5-9-27-22(4)42-30-13-7-6-12-28(30)41(27)29-17-20(2)26(16-21(29)3)24-15-14-23-10-8-11-25-31(23)32(24)34-33(25)39-35(43-18-37)36(40-34)44-19-38/h5-17H,1-4H3/b9-5-. The van der Waals surface area contributed by atoms with Crippen LogP contribution in [-0.4, -0.2) is 9.97 Å². The van der Waals surface area contributed by atoms with Crippen LogP contribution < -0.4 is 9.64 Å². The quantitative estimate of drug-likeness (QED) is 0.141. The molecule has 5 aromatic rings. The molecule has 0 saturated heterocycles. The van der Waals surface area contributed by atoms with Crippen molar-refractivity contribution in [2.45, 2.75) is 37.7 Å². The monoisotopic (exact) mass is 607 g/mol. The van der Waals surface area contributed by atoms with Crippen LogP contribution >= 0.6 is 23.5 Å². The van der Waals surface area contributed by atoms with Gasteiger partial charge in [-0.3, -0.25) is 0 Å². The van der Waals surface area contributed by atoms with Crippen LogP contribution in [0.5, 0.6) is 5.75 Å². The second kappa shape index (κ2) is 10.9. The lowest BCUT2D eigenvalue weighted by atomic mass is 9.90. The van der Waals surface area contributed by atoms with Gasteiger partial charge in [0.1, 0.15) is 26.6 Å². The number of benzene rings is 4. The lowest BCUT2D eigenvalue weighted by Crippen LogP contribution is -2.23. The third-order valence-corrected chi connectivity index (χ3v) is 9.29. The second-order valence-corrected chi connectivity index (χ2v) is 12.2. The number of hydrogen-bond acceptors (Lipinski definition) is 8. The molecule has 1 aromatic heterocycles. The summed E-state index contributed by atoms with van der Waals surface area (Å²) in [6.07, 6.45) is 4.12. The molecular formula is C36H25N5OS2. The fourth-order valence-electron chi connectivity index (χ4n) is 6.21. The first-order valence-corrected chi connectivity index (χ1v) is 15.7. The van der Waals surface area contributed by atoms with Crippen LogP contribution in [0.25, 0.3) is 44.4 Å². The number of hydrogen-bond donors (Lipinski definition) is 0. The second-order valence-electron chi connectivity index (χ2n) is 10.6. The van der Waals surface area contributed by atoms with Gasteiger partial charge < -0.3 is 9.64 Å². The molecule has 212 valence electrons. The zero-order valence-electron chi connectivity index (χ0n) is 24.5. The molecule has 0 bridgehead atoms. The average Bonchev–Trinajstić information content (AvgIpc) is 3.34. The lowest BCUT2D eigenvalue weighted by molar-refractivity contribution is 0.414. The van der Waals surface area contributed by atoms with Crippen LogP contribution in [0.3, 0.4) is 0 Å². The molecule has 0 atom stereocenters. The number of allylic oxidation sites excluding steroid dienone is 3. The summed E-state index contributed by atoms with van der Waals surface area (Å²) in [5.74, 6) is 1.66. The van der Waals surface area contributed by atoms with E-state index in [4.69, 9.17) is 14.7 Å². The van der Waals surface area contributed by atoms with E-state index in [1.165, 1.54) is 0 Å². The molecular weight excluding hydrogens is 583 g/mol. The van der Waals surface area contributed by atoms with Crippen LogP contribution in [0, 0.1) is 35.2 Å². The molecule has 0 amide bonds. The van der Waals surface area contributed by atoms with Gasteiger partial charge in [0.2, 0.25) is 0 Å². The molecule has 0 radical (unpaired) electrons. The molecule has 2 heterocycles. The first-order valence-electron chi connectivity index (χ1n) is 14.1. The number of nitriles is 2. The highest BCUT2D eigenvalue weighted by Gasteiger charge is 2.31. The normalized spacial score (nSPS) is 13.1. The lowest BCUT2D eigenvalue weighted by Gasteiger charge is -2.34. The summed E-state index contributed by atoms with van der Waals surface area (Å²) < 4.78 is 6.21. The molecule has 0 saturated carbocycles. The molecule has 1 aliphatic carbocycles. The van der Waals surface area contributed by atoms with Gasteiger partial charge in [-0.2, -0.15) is 10.5 Å². The van der Waals surface area contributed by atoms with E-state index in [-0.39, 0.29) is 0 Å². The summed E-state index contributed by atoms with van der Waals surface area (Å²) in [4.78, 5) is 12.1. The summed E-state index contributed by atoms with van der Waals surface area (Å²) in [6.45, 7) is 8.30. The SMILES string of the molecule is C/C=C\C1=C(C)Oc2ccccc2N1c1cc(C)c(-c2ccc3cccc4c3c2-c2nc(SC#N)c(SC#N)nc2-4)cc1C. The smallest absolute Gasteiger partial charge is 0.151 e. The van der Waals surface area contributed by atoms with Gasteiger partial charge in [0.05, 0.1) is 22.8 Å². The Morgan fingerprint density at radius 2 is 1.52 bits per heavy atom. The zero-order chi connectivity index (χ0) is 30.5. The maximum absolute atomic E-state index is 9.48. The van der Waals surface area contributed by atoms with E-state index in [1.54, 1.807) is 0 Å². The highest BCUT2D eigenvalue weighted by molar-refractivity contribution is 8.06. The minimum atomic E-state index is 0.446. The number of aromatic nitrogens is 2. The van der Waals surface area contributed by atoms with Crippen molar-refractivity contribution in [2.75, 3.05) is 4.90 Å². The van der Waals surface area contributed by atoms with Crippen LogP contribution in [0.15, 0.2) is 100 Å². The number of aryl methyl sites for hydroxylation is 2. The number of para-hydroxylation sites is 2. The third-order valence-electron chi connectivity index (χ3n) is 8.03. The molecule has 2 aliphatic rings. The molecule has 0 unspecified atom stereocenters. The van der Waals surface area contributed by atoms with Crippen molar-refractivity contribution in [3.63, 3.8) is 0 Å². The van der Waals surface area contributed by atoms with Crippen LogP contribution in [0.2, 0.25) is 0 Å². The Bertz CT molecular complexity index is 2190. The number of fused-ring (bicyclic) bond motifs is 4. The van der Waals surface area contributed by atoms with Gasteiger partial charge in [-0.25, -0.2) is 9.97 Å². The Labute approximate surface area is 264 Å². The van der Waals surface area contributed by atoms with Gasteiger partial charge in [0.25, 0.3) is 0 Å². The molecule has 7 rings (SSSR count). The predicted molar refractivity (Wildman–Crippen MR) is 179 cm³/mol. The van der Waals surface area contributed by atoms with E-state index in [0.717, 1.165) is 108 Å². The van der Waals surface area contributed by atoms with Gasteiger partial charge in [-0.1, -0.05) is 48.5 Å². The Hall–Kier alpha value is -5.02. The number of thioether (sulfide) groups is 2. The molecule has 8 heteroatoms. The van der Waals surface area contributed by atoms with Crippen molar-refractivity contribution in [3.8, 4) is 50.2 Å². The number of thiocyanates is 2. The number of rotatable bonds is 5. The first-order chi connectivity index (χ1) is 21.4. The molecule has 0 N–H and O–H groups in total. The van der Waals surface area contributed by atoms with E-state index in [1.807, 2.05) is 44.2 Å². The highest BCUT2D eigenvalue weighted by atomic mass is 32.2. The van der Waals surface area contributed by atoms with E-state index in [2.05, 4.69) is 78.1 Å². The summed E-state index contributed by atoms with van der Waals surface area (Å²) in [5.41, 5.74) is 10.9. The molecule has 6 nitrogen and oxygen atoms in total. The van der Waals surface area contributed by atoms with Crippen molar-refractivity contribution < 1.29 is 4.74 Å². The maximum Gasteiger partial charge on any atom is 0.151 e. The molecule has 44 heavy (non-hydrogen) atoms. The van der Waals surface area contributed by atoms with Crippen molar-refractivity contribution >= 4 is 45.7 Å². The molecule has 1 aliphatic heterocycles. The van der Waals surface area contributed by atoms with E-state index in [0.29, 0.717) is 10.1 Å². The summed E-state index contributed by atoms with van der Waals surface area (Å²) >= 11 is 1.87. The van der Waals surface area contributed by atoms with Gasteiger partial charge in [-0.05, 0) is 85.7 Å². The van der Waals surface area contributed by atoms with Crippen LogP contribution in [0.1, 0.15) is 25.0 Å². The number of ether oxygens (including phenoxy) is 1. The summed E-state index contributed by atoms with van der Waals surface area (Å²) in [5, 5.41) is 26.2. The largest absolute Gasteiger partial charge is 0.458 e. The van der Waals surface area contributed by atoms with Gasteiger partial charge in [-0.15, -0.1) is 0 Å². The molecule has 4 aromatic carbocycles. The number of nitrogens with zero attached hydrogens (tertiary/aromatic N) is 5. The van der Waals surface area contributed by atoms with Gasteiger partial charge in [0, 0.05) is 45.7 Å². The molecule has 0 spiro atoms. The first kappa shape index (κ1) is 27.8. The minimum Gasteiger partial charge on any atom is -0.458 e. The maximum atomic E-state index is 9.48. The zero-order valence-corrected chi connectivity index (χ0v) is 26.1. The van der Waals surface area contributed by atoms with Gasteiger partial charge >= 0.3 is 0 Å². The number of anilines is 2. The van der Waals surface area contributed by atoms with Crippen molar-refractivity contribution in [2.24, 2.45) is 0 Å². The van der Waals surface area contributed by atoms with E-state index >= 15 is 0 Å². The summed E-state index contributed by atoms with van der Waals surface area (Å²) in [6, 6.07) is 23.1. The van der Waals surface area contributed by atoms with Crippen molar-refractivity contribution in [1.82, 2.24) is 9.97 Å². The fourth-order valence-corrected chi connectivity index (χ4v) is 7.17. The Balaban J connectivity index is 1.45. The third kappa shape index (κ3) is 4.26. The van der Waals surface area contributed by atoms with Gasteiger partial charge in [0.15, 0.2) is 5.75 Å². The Morgan fingerprint density at radius 1 is 0.773 bits per heavy atom. The highest BCUT2D eigenvalue weighted by Crippen LogP contribution is 2.52. The summed E-state index contributed by atoms with van der Waals surface area (Å²) in [7, 11) is 0. The van der Waals surface area contributed by atoms with Crippen molar-refractivity contribution in [1.29, 1.82) is 10.5 Å². The van der Waals surface area contributed by atoms with Crippen LogP contribution in [-0.2, 0) is 0 Å². The fraction of sp³-hybridized carbons (Fsp3) is 0.111. The van der Waals surface area contributed by atoms with Crippen molar-refractivity contribution in [3.05, 3.63) is 101 Å². The predicted octanol–water partition coefficient (Wildman–Crippen LogP) is 10.0. The average molecular weight is 608 g/mol. The topological polar surface area (TPSA) is 85.8 Å². The minimum absolute atomic E-state index is 0.446. The Morgan fingerprint density at radius 3 is 2.27 bits per heavy atom. The van der Waals surface area contributed by atoms with Crippen LogP contribution in [0.4, 0.5) is 11.4 Å². The van der Waals surface area contributed by atoms with E-state index < -0.39 is 0 Å².